The van der Waals surface area contributed by atoms with Crippen molar-refractivity contribution >= 4 is 12.1 Å². The minimum atomic E-state index is -1.41. The summed E-state index contributed by atoms with van der Waals surface area (Å²) >= 11 is 0. The van der Waals surface area contributed by atoms with E-state index in [1.807, 2.05) is 0 Å². The SMILES string of the molecule is Cc1cc(F)c(C(=O)O)c(OCCNC(=O)OC(C)(C)C)c1. The van der Waals surface area contributed by atoms with Gasteiger partial charge in [-0.2, -0.15) is 0 Å². The zero-order valence-corrected chi connectivity index (χ0v) is 13.0. The van der Waals surface area contributed by atoms with Crippen LogP contribution in [-0.2, 0) is 4.74 Å². The highest BCUT2D eigenvalue weighted by atomic mass is 19.1. The first-order valence-electron chi connectivity index (χ1n) is 6.73. The summed E-state index contributed by atoms with van der Waals surface area (Å²) < 4.78 is 23.9. The van der Waals surface area contributed by atoms with Crippen LogP contribution in [0.25, 0.3) is 0 Å². The van der Waals surface area contributed by atoms with Gasteiger partial charge in [0.1, 0.15) is 29.3 Å². The van der Waals surface area contributed by atoms with Crippen molar-refractivity contribution < 1.29 is 28.6 Å². The summed E-state index contributed by atoms with van der Waals surface area (Å²) in [4.78, 5) is 22.5. The van der Waals surface area contributed by atoms with E-state index < -0.39 is 29.0 Å². The minimum absolute atomic E-state index is 0.0115. The maximum atomic E-state index is 13.6. The van der Waals surface area contributed by atoms with E-state index in [1.54, 1.807) is 27.7 Å². The van der Waals surface area contributed by atoms with Crippen LogP contribution in [0.3, 0.4) is 0 Å². The Morgan fingerprint density at radius 1 is 1.32 bits per heavy atom. The standard InChI is InChI=1S/C15H20FNO5/c1-9-7-10(16)12(13(18)19)11(8-9)21-6-5-17-14(20)22-15(2,3)4/h7-8H,5-6H2,1-4H3,(H,17,20)(H,18,19). The molecule has 0 radical (unpaired) electrons. The van der Waals surface area contributed by atoms with E-state index in [9.17, 15) is 14.0 Å². The Bertz CT molecular complexity index is 566. The summed E-state index contributed by atoms with van der Waals surface area (Å²) in [5.74, 6) is -2.34. The second-order valence-corrected chi connectivity index (χ2v) is 5.70. The summed E-state index contributed by atoms with van der Waals surface area (Å²) in [7, 11) is 0. The monoisotopic (exact) mass is 313 g/mol. The molecule has 1 aromatic carbocycles. The lowest BCUT2D eigenvalue weighted by molar-refractivity contribution is 0.0518. The third-order valence-corrected chi connectivity index (χ3v) is 2.44. The number of benzene rings is 1. The number of halogens is 1. The molecular weight excluding hydrogens is 293 g/mol. The molecule has 0 atom stereocenters. The highest BCUT2D eigenvalue weighted by Gasteiger charge is 2.19. The molecule has 1 aromatic rings. The van der Waals surface area contributed by atoms with Crippen LogP contribution in [0.15, 0.2) is 12.1 Å². The molecule has 1 rings (SSSR count). The molecule has 122 valence electrons. The number of nitrogens with one attached hydrogen (secondary N) is 1. The number of carboxylic acids is 1. The number of amides is 1. The molecule has 0 aromatic heterocycles. The van der Waals surface area contributed by atoms with Crippen molar-refractivity contribution in [3.8, 4) is 5.75 Å². The molecule has 0 unspecified atom stereocenters. The van der Waals surface area contributed by atoms with Crippen LogP contribution in [0, 0.1) is 12.7 Å². The van der Waals surface area contributed by atoms with E-state index >= 15 is 0 Å². The predicted molar refractivity (Wildman–Crippen MR) is 77.8 cm³/mol. The van der Waals surface area contributed by atoms with Crippen molar-refractivity contribution in [3.05, 3.63) is 29.1 Å². The van der Waals surface area contributed by atoms with Gasteiger partial charge in [0.2, 0.25) is 0 Å². The zero-order valence-electron chi connectivity index (χ0n) is 13.0. The van der Waals surface area contributed by atoms with Gasteiger partial charge in [-0.25, -0.2) is 14.0 Å². The maximum absolute atomic E-state index is 13.6. The molecule has 6 nitrogen and oxygen atoms in total. The fourth-order valence-corrected chi connectivity index (χ4v) is 1.66. The number of rotatable bonds is 5. The van der Waals surface area contributed by atoms with Crippen LogP contribution < -0.4 is 10.1 Å². The highest BCUT2D eigenvalue weighted by molar-refractivity contribution is 5.91. The van der Waals surface area contributed by atoms with Gasteiger partial charge in [-0.15, -0.1) is 0 Å². The number of carboxylic acid groups (broad SMARTS) is 1. The summed E-state index contributed by atoms with van der Waals surface area (Å²) in [5, 5.41) is 11.5. The van der Waals surface area contributed by atoms with Crippen molar-refractivity contribution in [1.29, 1.82) is 0 Å². The molecule has 0 saturated heterocycles. The lowest BCUT2D eigenvalue weighted by atomic mass is 10.1. The van der Waals surface area contributed by atoms with Crippen LogP contribution in [0.4, 0.5) is 9.18 Å². The Kier molecular flexibility index (Phi) is 5.73. The van der Waals surface area contributed by atoms with Crippen molar-refractivity contribution in [1.82, 2.24) is 5.32 Å². The molecular formula is C15H20FNO5. The Hall–Kier alpha value is -2.31. The Labute approximate surface area is 128 Å². The van der Waals surface area contributed by atoms with Crippen LogP contribution >= 0.6 is 0 Å². The molecule has 0 aliphatic rings. The van der Waals surface area contributed by atoms with Gasteiger partial charge in [-0.1, -0.05) is 0 Å². The van der Waals surface area contributed by atoms with Gasteiger partial charge in [0.05, 0.1) is 6.54 Å². The third kappa shape index (κ3) is 5.59. The van der Waals surface area contributed by atoms with E-state index in [0.29, 0.717) is 5.56 Å². The van der Waals surface area contributed by atoms with Crippen LogP contribution in [-0.4, -0.2) is 35.9 Å². The molecule has 7 heteroatoms. The molecule has 22 heavy (non-hydrogen) atoms. The quantitative estimate of drug-likeness (QED) is 0.816. The number of carbonyl (C=O) groups excluding carboxylic acids is 1. The average Bonchev–Trinajstić information content (AvgIpc) is 2.30. The highest BCUT2D eigenvalue weighted by Crippen LogP contribution is 2.23. The molecule has 2 N–H and O–H groups in total. The van der Waals surface area contributed by atoms with Crippen molar-refractivity contribution in [3.63, 3.8) is 0 Å². The predicted octanol–water partition coefficient (Wildman–Crippen LogP) is 2.74. The second-order valence-electron chi connectivity index (χ2n) is 5.70. The maximum Gasteiger partial charge on any atom is 0.407 e. The molecule has 0 aliphatic heterocycles. The van der Waals surface area contributed by atoms with E-state index in [1.165, 1.54) is 6.07 Å². The average molecular weight is 313 g/mol. The second kappa shape index (κ2) is 7.11. The summed E-state index contributed by atoms with van der Waals surface area (Å²) in [5.41, 5.74) is -0.596. The van der Waals surface area contributed by atoms with E-state index in [4.69, 9.17) is 14.6 Å². The third-order valence-electron chi connectivity index (χ3n) is 2.44. The summed E-state index contributed by atoms with van der Waals surface area (Å²) in [6, 6.07) is 2.55. The van der Waals surface area contributed by atoms with E-state index in [2.05, 4.69) is 5.32 Å². The molecule has 1 amide bonds. The van der Waals surface area contributed by atoms with Crippen molar-refractivity contribution in [2.75, 3.05) is 13.2 Å². The first-order valence-corrected chi connectivity index (χ1v) is 6.73. The van der Waals surface area contributed by atoms with Crippen molar-refractivity contribution in [2.24, 2.45) is 0 Å². The zero-order chi connectivity index (χ0) is 16.9. The Morgan fingerprint density at radius 3 is 2.50 bits per heavy atom. The number of carbonyl (C=O) groups is 2. The van der Waals surface area contributed by atoms with Gasteiger partial charge < -0.3 is 19.9 Å². The Balaban J connectivity index is 2.59. The fourth-order valence-electron chi connectivity index (χ4n) is 1.66. The molecule has 0 bridgehead atoms. The summed E-state index contributed by atoms with van der Waals surface area (Å²) in [6.07, 6.45) is -0.606. The molecule has 0 heterocycles. The number of hydrogen-bond donors (Lipinski definition) is 2. The van der Waals surface area contributed by atoms with Crippen LogP contribution in [0.2, 0.25) is 0 Å². The molecule has 0 aliphatic carbocycles. The van der Waals surface area contributed by atoms with E-state index in [-0.39, 0.29) is 18.9 Å². The minimum Gasteiger partial charge on any atom is -0.491 e. The first-order chi connectivity index (χ1) is 10.1. The van der Waals surface area contributed by atoms with Crippen molar-refractivity contribution in [2.45, 2.75) is 33.3 Å². The number of aromatic carboxylic acids is 1. The van der Waals surface area contributed by atoms with Gasteiger partial charge in [-0.05, 0) is 45.4 Å². The summed E-state index contributed by atoms with van der Waals surface area (Å²) in [6.45, 7) is 6.92. The van der Waals surface area contributed by atoms with Crippen LogP contribution in [0.1, 0.15) is 36.7 Å². The van der Waals surface area contributed by atoms with Gasteiger partial charge in [0.15, 0.2) is 0 Å². The molecule has 0 saturated carbocycles. The number of aryl methyl sites for hydroxylation is 1. The molecule has 0 fully saturated rings. The number of alkyl carbamates (subject to hydrolysis) is 1. The molecule has 0 spiro atoms. The van der Waals surface area contributed by atoms with Gasteiger partial charge >= 0.3 is 12.1 Å². The van der Waals surface area contributed by atoms with Gasteiger partial charge in [-0.3, -0.25) is 0 Å². The number of hydrogen-bond acceptors (Lipinski definition) is 4. The lowest BCUT2D eigenvalue weighted by Gasteiger charge is -2.19. The van der Waals surface area contributed by atoms with E-state index in [0.717, 1.165) is 6.07 Å². The fraction of sp³-hybridized carbons (Fsp3) is 0.467. The normalized spacial score (nSPS) is 11.0. The van der Waals surface area contributed by atoms with Gasteiger partial charge in [0.25, 0.3) is 0 Å². The smallest absolute Gasteiger partial charge is 0.407 e. The Morgan fingerprint density at radius 2 is 1.95 bits per heavy atom. The first kappa shape index (κ1) is 17.7. The topological polar surface area (TPSA) is 84.9 Å². The number of ether oxygens (including phenoxy) is 2. The van der Waals surface area contributed by atoms with Gasteiger partial charge in [0, 0.05) is 0 Å². The lowest BCUT2D eigenvalue weighted by Crippen LogP contribution is -2.34. The largest absolute Gasteiger partial charge is 0.491 e. The van der Waals surface area contributed by atoms with Crippen LogP contribution in [0.5, 0.6) is 5.75 Å².